The molecule has 0 aromatic carbocycles. The van der Waals surface area contributed by atoms with Gasteiger partial charge in [-0.1, -0.05) is 6.92 Å². The third-order valence-corrected chi connectivity index (χ3v) is 4.11. The van der Waals surface area contributed by atoms with Crippen LogP contribution in [0, 0.1) is 11.8 Å². The van der Waals surface area contributed by atoms with Gasteiger partial charge in [0.2, 0.25) is 0 Å². The van der Waals surface area contributed by atoms with Crippen molar-refractivity contribution in [3.63, 3.8) is 0 Å². The second-order valence-corrected chi connectivity index (χ2v) is 5.94. The van der Waals surface area contributed by atoms with Crippen LogP contribution in [0.1, 0.15) is 31.9 Å². The van der Waals surface area contributed by atoms with Crippen LogP contribution in [-0.2, 0) is 11.3 Å². The van der Waals surface area contributed by atoms with Crippen molar-refractivity contribution >= 4 is 17.1 Å². The van der Waals surface area contributed by atoms with E-state index in [1.54, 1.807) is 11.3 Å². The molecule has 0 bridgehead atoms. The average Bonchev–Trinajstić information content (AvgIpc) is 2.76. The number of rotatable bonds is 4. The van der Waals surface area contributed by atoms with Crippen LogP contribution in [0.5, 0.6) is 0 Å². The molecule has 1 aromatic rings. The second kappa shape index (κ2) is 5.74. The van der Waals surface area contributed by atoms with Crippen molar-refractivity contribution in [1.29, 1.82) is 0 Å². The van der Waals surface area contributed by atoms with Gasteiger partial charge in [0.1, 0.15) is 5.78 Å². The van der Waals surface area contributed by atoms with Crippen molar-refractivity contribution in [3.8, 4) is 0 Å². The molecule has 2 unspecified atom stereocenters. The summed E-state index contributed by atoms with van der Waals surface area (Å²) in [4.78, 5) is 18.3. The van der Waals surface area contributed by atoms with Crippen LogP contribution in [0.15, 0.2) is 10.9 Å². The van der Waals surface area contributed by atoms with Gasteiger partial charge >= 0.3 is 0 Å². The normalized spacial score (nSPS) is 25.5. The molecule has 0 radical (unpaired) electrons. The Bertz CT molecular complexity index is 364. The molecule has 1 heterocycles. The highest BCUT2D eigenvalue weighted by molar-refractivity contribution is 7.07. The number of thiazole rings is 1. The molecular formula is C13H20N2OS. The lowest BCUT2D eigenvalue weighted by molar-refractivity contribution is -0.126. The fourth-order valence-electron chi connectivity index (χ4n) is 2.54. The molecular weight excluding hydrogens is 232 g/mol. The zero-order chi connectivity index (χ0) is 12.3. The van der Waals surface area contributed by atoms with Crippen molar-refractivity contribution in [3.05, 3.63) is 16.6 Å². The Balaban J connectivity index is 1.84. The predicted octanol–water partition coefficient (Wildman–Crippen LogP) is 2.58. The number of hydrogen-bond acceptors (Lipinski definition) is 4. The largest absolute Gasteiger partial charge is 0.300 e. The van der Waals surface area contributed by atoms with Crippen LogP contribution < -0.4 is 0 Å². The lowest BCUT2D eigenvalue weighted by Crippen LogP contribution is -2.34. The van der Waals surface area contributed by atoms with E-state index < -0.39 is 0 Å². The molecule has 0 amide bonds. The Morgan fingerprint density at radius 1 is 1.59 bits per heavy atom. The first-order valence-corrected chi connectivity index (χ1v) is 7.17. The minimum Gasteiger partial charge on any atom is -0.300 e. The van der Waals surface area contributed by atoms with Crippen LogP contribution in [-0.4, -0.2) is 29.3 Å². The maximum atomic E-state index is 11.8. The molecule has 2 atom stereocenters. The van der Waals surface area contributed by atoms with Crippen molar-refractivity contribution in [1.82, 2.24) is 9.88 Å². The monoisotopic (exact) mass is 252 g/mol. The Labute approximate surface area is 107 Å². The van der Waals surface area contributed by atoms with Gasteiger partial charge in [-0.2, -0.15) is 0 Å². The first kappa shape index (κ1) is 12.7. The highest BCUT2D eigenvalue weighted by atomic mass is 32.1. The van der Waals surface area contributed by atoms with E-state index in [1.165, 1.54) is 0 Å². The minimum absolute atomic E-state index is 0.238. The predicted molar refractivity (Wildman–Crippen MR) is 70.0 cm³/mol. The number of carbonyl (C=O) groups excluding carboxylic acids is 1. The van der Waals surface area contributed by atoms with Gasteiger partial charge in [0.25, 0.3) is 0 Å². The van der Waals surface area contributed by atoms with Crippen molar-refractivity contribution in [2.75, 3.05) is 13.6 Å². The van der Waals surface area contributed by atoms with Crippen LogP contribution in [0.3, 0.4) is 0 Å². The van der Waals surface area contributed by atoms with E-state index in [0.29, 0.717) is 11.7 Å². The van der Waals surface area contributed by atoms with Crippen LogP contribution in [0.2, 0.25) is 0 Å². The lowest BCUT2D eigenvalue weighted by atomic mass is 9.81. The van der Waals surface area contributed by atoms with E-state index in [-0.39, 0.29) is 5.92 Å². The lowest BCUT2D eigenvalue weighted by Gasteiger charge is -2.28. The van der Waals surface area contributed by atoms with E-state index in [2.05, 4.69) is 29.2 Å². The van der Waals surface area contributed by atoms with Crippen LogP contribution in [0.4, 0.5) is 0 Å². The summed E-state index contributed by atoms with van der Waals surface area (Å²) < 4.78 is 0. The molecule has 4 heteroatoms. The Kier molecular flexibility index (Phi) is 4.29. The third kappa shape index (κ3) is 3.61. The highest BCUT2D eigenvalue weighted by Gasteiger charge is 2.27. The summed E-state index contributed by atoms with van der Waals surface area (Å²) in [6, 6.07) is 0. The molecule has 2 rings (SSSR count). The summed E-state index contributed by atoms with van der Waals surface area (Å²) in [7, 11) is 2.08. The van der Waals surface area contributed by atoms with E-state index in [4.69, 9.17) is 0 Å². The van der Waals surface area contributed by atoms with Crippen molar-refractivity contribution < 1.29 is 4.79 Å². The summed E-state index contributed by atoms with van der Waals surface area (Å²) in [6.45, 7) is 3.97. The first-order chi connectivity index (χ1) is 8.15. The maximum absolute atomic E-state index is 11.8. The fourth-order valence-corrected chi connectivity index (χ4v) is 3.09. The van der Waals surface area contributed by atoms with Crippen LogP contribution in [0.25, 0.3) is 0 Å². The van der Waals surface area contributed by atoms with E-state index in [9.17, 15) is 4.79 Å². The number of carbonyl (C=O) groups is 1. The molecule has 0 saturated heterocycles. The standard InChI is InChI=1S/C13H20N2OS/c1-10-3-4-13(16)11(5-10)6-15(2)7-12-8-17-9-14-12/h8-11H,3-7H2,1-2H3. The first-order valence-electron chi connectivity index (χ1n) is 6.23. The topological polar surface area (TPSA) is 33.2 Å². The maximum Gasteiger partial charge on any atom is 0.137 e. The van der Waals surface area contributed by atoms with E-state index in [0.717, 1.165) is 38.0 Å². The summed E-state index contributed by atoms with van der Waals surface area (Å²) in [6.07, 6.45) is 2.90. The van der Waals surface area contributed by atoms with E-state index >= 15 is 0 Å². The van der Waals surface area contributed by atoms with E-state index in [1.807, 2.05) is 5.51 Å². The number of aromatic nitrogens is 1. The Morgan fingerprint density at radius 2 is 2.41 bits per heavy atom. The molecule has 94 valence electrons. The van der Waals surface area contributed by atoms with Gasteiger partial charge < -0.3 is 0 Å². The fraction of sp³-hybridized carbons (Fsp3) is 0.692. The molecule has 0 aliphatic heterocycles. The Hall–Kier alpha value is -0.740. The third-order valence-electron chi connectivity index (χ3n) is 3.47. The molecule has 1 aromatic heterocycles. The summed E-state index contributed by atoms with van der Waals surface area (Å²) in [5, 5.41) is 2.07. The number of nitrogens with zero attached hydrogens (tertiary/aromatic N) is 2. The molecule has 0 N–H and O–H groups in total. The molecule has 3 nitrogen and oxygen atoms in total. The van der Waals surface area contributed by atoms with Gasteiger partial charge in [0.15, 0.2) is 0 Å². The SMILES string of the molecule is CC1CCC(=O)C(CN(C)Cc2cscn2)C1. The number of Topliss-reactive ketones (excluding diaryl/α,β-unsaturated/α-hetero) is 1. The van der Waals surface area contributed by atoms with Crippen molar-refractivity contribution in [2.45, 2.75) is 32.7 Å². The van der Waals surface area contributed by atoms with Gasteiger partial charge in [-0.25, -0.2) is 4.98 Å². The summed E-state index contributed by atoms with van der Waals surface area (Å²) in [5.74, 6) is 1.39. The van der Waals surface area contributed by atoms with Gasteiger partial charge in [0, 0.05) is 30.8 Å². The molecule has 1 fully saturated rings. The van der Waals surface area contributed by atoms with Gasteiger partial charge in [-0.3, -0.25) is 9.69 Å². The molecule has 1 saturated carbocycles. The highest BCUT2D eigenvalue weighted by Crippen LogP contribution is 2.26. The second-order valence-electron chi connectivity index (χ2n) is 5.22. The Morgan fingerprint density at radius 3 is 3.12 bits per heavy atom. The molecule has 1 aliphatic rings. The average molecular weight is 252 g/mol. The molecule has 17 heavy (non-hydrogen) atoms. The van der Waals surface area contributed by atoms with Crippen LogP contribution >= 0.6 is 11.3 Å². The summed E-state index contributed by atoms with van der Waals surface area (Å²) in [5.41, 5.74) is 2.96. The minimum atomic E-state index is 0.238. The van der Waals surface area contributed by atoms with Gasteiger partial charge in [-0.05, 0) is 25.8 Å². The quantitative estimate of drug-likeness (QED) is 0.826. The summed E-state index contributed by atoms with van der Waals surface area (Å²) >= 11 is 1.62. The number of ketones is 1. The van der Waals surface area contributed by atoms with Gasteiger partial charge in [-0.15, -0.1) is 11.3 Å². The zero-order valence-corrected chi connectivity index (χ0v) is 11.4. The molecule has 0 spiro atoms. The van der Waals surface area contributed by atoms with Gasteiger partial charge in [0.05, 0.1) is 11.2 Å². The number of hydrogen-bond donors (Lipinski definition) is 0. The smallest absolute Gasteiger partial charge is 0.137 e. The zero-order valence-electron chi connectivity index (χ0n) is 10.6. The molecule has 1 aliphatic carbocycles. The van der Waals surface area contributed by atoms with Crippen molar-refractivity contribution in [2.24, 2.45) is 11.8 Å².